The number of nitrogens with zero attached hydrogens (tertiary/aromatic N) is 3. The lowest BCUT2D eigenvalue weighted by Crippen LogP contribution is -2.26. The van der Waals surface area contributed by atoms with Gasteiger partial charge in [-0.25, -0.2) is 9.97 Å². The molecular formula is C11H16ClN3O. The van der Waals surface area contributed by atoms with E-state index in [9.17, 15) is 5.11 Å². The highest BCUT2D eigenvalue weighted by atomic mass is 35.5. The highest BCUT2D eigenvalue weighted by Gasteiger charge is 2.14. The lowest BCUT2D eigenvalue weighted by atomic mass is 10.3. The maximum absolute atomic E-state index is 9.27. The minimum Gasteiger partial charge on any atom is -0.391 e. The van der Waals surface area contributed by atoms with Crippen molar-refractivity contribution >= 4 is 17.4 Å². The number of hydrogen-bond donors (Lipinski definition) is 1. The van der Waals surface area contributed by atoms with Gasteiger partial charge in [0, 0.05) is 13.1 Å². The molecular weight excluding hydrogens is 226 g/mol. The van der Waals surface area contributed by atoms with Gasteiger partial charge < -0.3 is 10.0 Å². The van der Waals surface area contributed by atoms with Gasteiger partial charge in [0.1, 0.15) is 17.3 Å². The average molecular weight is 242 g/mol. The van der Waals surface area contributed by atoms with E-state index in [1.165, 1.54) is 6.33 Å². The van der Waals surface area contributed by atoms with Crippen LogP contribution in [0, 0.1) is 0 Å². The molecule has 1 heterocycles. The van der Waals surface area contributed by atoms with Crippen LogP contribution in [0.15, 0.2) is 19.0 Å². The van der Waals surface area contributed by atoms with Crippen LogP contribution in [0.2, 0.25) is 5.15 Å². The normalized spacial score (nSPS) is 10.2. The number of rotatable bonds is 6. The summed E-state index contributed by atoms with van der Waals surface area (Å²) in [7, 11) is 0. The van der Waals surface area contributed by atoms with Crippen molar-refractivity contribution in [3.8, 4) is 0 Å². The molecule has 5 heteroatoms. The Kier molecular flexibility index (Phi) is 5.22. The van der Waals surface area contributed by atoms with Crippen LogP contribution in [0.4, 0.5) is 5.82 Å². The Morgan fingerprint density at radius 1 is 1.56 bits per heavy atom. The van der Waals surface area contributed by atoms with E-state index in [0.29, 0.717) is 23.1 Å². The van der Waals surface area contributed by atoms with Crippen LogP contribution in [0.1, 0.15) is 18.9 Å². The van der Waals surface area contributed by atoms with Crippen LogP contribution < -0.4 is 4.90 Å². The molecule has 88 valence electrons. The van der Waals surface area contributed by atoms with E-state index in [2.05, 4.69) is 23.5 Å². The fourth-order valence-corrected chi connectivity index (χ4v) is 1.69. The quantitative estimate of drug-likeness (QED) is 0.612. The summed E-state index contributed by atoms with van der Waals surface area (Å²) < 4.78 is 0. The van der Waals surface area contributed by atoms with Crippen LogP contribution in [0.3, 0.4) is 0 Å². The number of anilines is 1. The number of halogens is 1. The number of hydrogen-bond acceptors (Lipinski definition) is 4. The predicted octanol–water partition coefficient (Wildman–Crippen LogP) is 2.02. The van der Waals surface area contributed by atoms with Crippen molar-refractivity contribution in [2.75, 3.05) is 18.0 Å². The summed E-state index contributed by atoms with van der Waals surface area (Å²) in [6.45, 7) is 7.14. The molecule has 1 N–H and O–H groups in total. The zero-order chi connectivity index (χ0) is 12.0. The van der Waals surface area contributed by atoms with Crippen LogP contribution in [0.25, 0.3) is 0 Å². The van der Waals surface area contributed by atoms with Gasteiger partial charge in [-0.05, 0) is 6.42 Å². The Bertz CT molecular complexity index is 357. The van der Waals surface area contributed by atoms with Crippen molar-refractivity contribution < 1.29 is 5.11 Å². The molecule has 0 amide bonds. The third-order valence-electron chi connectivity index (χ3n) is 2.17. The van der Waals surface area contributed by atoms with Gasteiger partial charge in [-0.15, -0.1) is 6.58 Å². The first-order valence-corrected chi connectivity index (χ1v) is 5.58. The molecule has 0 aliphatic carbocycles. The largest absolute Gasteiger partial charge is 0.391 e. The second-order valence-electron chi connectivity index (χ2n) is 3.36. The SMILES string of the molecule is C=CCN(CCC)c1ncnc(Cl)c1CO. The van der Waals surface area contributed by atoms with Crippen molar-refractivity contribution in [1.29, 1.82) is 0 Å². The van der Waals surface area contributed by atoms with Crippen molar-refractivity contribution in [3.05, 3.63) is 29.7 Å². The van der Waals surface area contributed by atoms with E-state index < -0.39 is 0 Å². The first-order chi connectivity index (χ1) is 7.74. The van der Waals surface area contributed by atoms with E-state index in [1.54, 1.807) is 6.08 Å². The summed E-state index contributed by atoms with van der Waals surface area (Å²) in [4.78, 5) is 10.0. The number of aliphatic hydroxyl groups excluding tert-OH is 1. The topological polar surface area (TPSA) is 49.2 Å². The van der Waals surface area contributed by atoms with E-state index >= 15 is 0 Å². The van der Waals surface area contributed by atoms with E-state index in [-0.39, 0.29) is 6.61 Å². The van der Waals surface area contributed by atoms with Gasteiger partial charge in [-0.2, -0.15) is 0 Å². The average Bonchev–Trinajstić information content (AvgIpc) is 2.28. The zero-order valence-corrected chi connectivity index (χ0v) is 10.1. The van der Waals surface area contributed by atoms with Gasteiger partial charge in [0.05, 0.1) is 12.2 Å². The summed E-state index contributed by atoms with van der Waals surface area (Å²) >= 11 is 5.91. The third-order valence-corrected chi connectivity index (χ3v) is 2.50. The van der Waals surface area contributed by atoms with E-state index in [0.717, 1.165) is 13.0 Å². The summed E-state index contributed by atoms with van der Waals surface area (Å²) in [5.41, 5.74) is 0.569. The molecule has 0 bridgehead atoms. The van der Waals surface area contributed by atoms with E-state index in [1.807, 2.05) is 4.90 Å². The van der Waals surface area contributed by atoms with E-state index in [4.69, 9.17) is 11.6 Å². The minimum absolute atomic E-state index is 0.160. The third kappa shape index (κ3) is 2.93. The van der Waals surface area contributed by atoms with Crippen molar-refractivity contribution in [1.82, 2.24) is 9.97 Å². The Balaban J connectivity index is 3.06. The maximum atomic E-state index is 9.27. The molecule has 0 saturated heterocycles. The second kappa shape index (κ2) is 6.45. The molecule has 1 aromatic rings. The smallest absolute Gasteiger partial charge is 0.140 e. The number of aliphatic hydroxyl groups is 1. The van der Waals surface area contributed by atoms with Crippen LogP contribution in [0.5, 0.6) is 0 Å². The van der Waals surface area contributed by atoms with Gasteiger partial charge in [0.2, 0.25) is 0 Å². The molecule has 0 aromatic carbocycles. The fraction of sp³-hybridized carbons (Fsp3) is 0.455. The fourth-order valence-electron chi connectivity index (χ4n) is 1.50. The Morgan fingerprint density at radius 3 is 2.88 bits per heavy atom. The summed E-state index contributed by atoms with van der Waals surface area (Å²) in [5, 5.41) is 9.57. The molecule has 1 aromatic heterocycles. The molecule has 0 aliphatic rings. The van der Waals surface area contributed by atoms with Gasteiger partial charge >= 0.3 is 0 Å². The second-order valence-corrected chi connectivity index (χ2v) is 3.72. The molecule has 0 radical (unpaired) electrons. The first kappa shape index (κ1) is 12.9. The Hall–Kier alpha value is -1.13. The summed E-state index contributed by atoms with van der Waals surface area (Å²) in [5.74, 6) is 0.684. The molecule has 0 atom stereocenters. The summed E-state index contributed by atoms with van der Waals surface area (Å²) in [6, 6.07) is 0. The lowest BCUT2D eigenvalue weighted by Gasteiger charge is -2.23. The molecule has 0 saturated carbocycles. The lowest BCUT2D eigenvalue weighted by molar-refractivity contribution is 0.281. The van der Waals surface area contributed by atoms with Gasteiger partial charge in [0.25, 0.3) is 0 Å². The molecule has 0 aliphatic heterocycles. The van der Waals surface area contributed by atoms with Crippen LogP contribution in [-0.4, -0.2) is 28.2 Å². The zero-order valence-electron chi connectivity index (χ0n) is 9.36. The Morgan fingerprint density at radius 2 is 2.31 bits per heavy atom. The molecule has 4 nitrogen and oxygen atoms in total. The van der Waals surface area contributed by atoms with Crippen molar-refractivity contribution in [2.24, 2.45) is 0 Å². The molecule has 1 rings (SSSR count). The van der Waals surface area contributed by atoms with Gasteiger partial charge in [-0.3, -0.25) is 0 Å². The predicted molar refractivity (Wildman–Crippen MR) is 65.7 cm³/mol. The molecule has 16 heavy (non-hydrogen) atoms. The molecule has 0 spiro atoms. The standard InChI is InChI=1S/C11H16ClN3O/c1-3-5-15(6-4-2)11-9(7-16)10(12)13-8-14-11/h3,8,16H,1,4-7H2,2H3. The first-order valence-electron chi connectivity index (χ1n) is 5.20. The Labute approximate surface area is 101 Å². The van der Waals surface area contributed by atoms with Crippen molar-refractivity contribution in [3.63, 3.8) is 0 Å². The molecule has 0 fully saturated rings. The van der Waals surface area contributed by atoms with Gasteiger partial charge in [0.15, 0.2) is 0 Å². The van der Waals surface area contributed by atoms with Gasteiger partial charge in [-0.1, -0.05) is 24.6 Å². The summed E-state index contributed by atoms with van der Waals surface area (Å²) in [6.07, 6.45) is 4.19. The maximum Gasteiger partial charge on any atom is 0.140 e. The van der Waals surface area contributed by atoms with Crippen molar-refractivity contribution in [2.45, 2.75) is 20.0 Å². The monoisotopic (exact) mass is 241 g/mol. The minimum atomic E-state index is -0.160. The highest BCUT2D eigenvalue weighted by molar-refractivity contribution is 6.30. The number of aromatic nitrogens is 2. The molecule has 0 unspecified atom stereocenters. The van der Waals surface area contributed by atoms with Crippen LogP contribution in [-0.2, 0) is 6.61 Å². The highest BCUT2D eigenvalue weighted by Crippen LogP contribution is 2.23. The van der Waals surface area contributed by atoms with Crippen LogP contribution >= 0.6 is 11.6 Å².